The molecule has 5 atom stereocenters. The Morgan fingerprint density at radius 3 is 2.55 bits per heavy atom. The van der Waals surface area contributed by atoms with Gasteiger partial charge in [0.2, 0.25) is 5.88 Å². The highest BCUT2D eigenvalue weighted by Gasteiger charge is 2.48. The predicted octanol–water partition coefficient (Wildman–Crippen LogP) is 3.41. The molecule has 2 aliphatic heterocycles. The summed E-state index contributed by atoms with van der Waals surface area (Å²) in [5.41, 5.74) is -0.261. The average Bonchev–Trinajstić information content (AvgIpc) is 3.54. The van der Waals surface area contributed by atoms with Crippen molar-refractivity contribution in [2.24, 2.45) is 4.36 Å². The van der Waals surface area contributed by atoms with Crippen LogP contribution in [-0.2, 0) is 25.8 Å². The fourth-order valence-electron chi connectivity index (χ4n) is 4.08. The lowest BCUT2D eigenvalue weighted by Gasteiger charge is -2.20. The lowest BCUT2D eigenvalue weighted by atomic mass is 10.1. The maximum Gasteiger partial charge on any atom is 0.296 e. The molecule has 5 rings (SSSR count). The monoisotopic (exact) mass is 600 g/mol. The van der Waals surface area contributed by atoms with Gasteiger partial charge in [-0.2, -0.15) is 14.3 Å². The molecule has 4 heterocycles. The quantitative estimate of drug-likeness (QED) is 0.435. The van der Waals surface area contributed by atoms with Crippen molar-refractivity contribution >= 4 is 38.4 Å². The Labute approximate surface area is 233 Å². The number of aliphatic hydroxyl groups excluding tert-OH is 1. The van der Waals surface area contributed by atoms with Gasteiger partial charge in [0.25, 0.3) is 11.9 Å². The average molecular weight is 601 g/mol. The molecule has 1 aromatic carbocycles. The molecular weight excluding hydrogens is 574 g/mol. The molecule has 40 heavy (non-hydrogen) atoms. The summed E-state index contributed by atoms with van der Waals surface area (Å²) in [6.45, 7) is 4.71. The molecule has 0 radical (unpaired) electrons. The number of rotatable bonds is 6. The number of ether oxygens (including phenoxy) is 4. The minimum Gasteiger partial charge on any atom is -0.471 e. The van der Waals surface area contributed by atoms with Crippen molar-refractivity contribution in [1.29, 1.82) is 0 Å². The van der Waals surface area contributed by atoms with Crippen LogP contribution < -0.4 is 9.47 Å². The molecule has 1 amide bonds. The third kappa shape index (κ3) is 5.50. The van der Waals surface area contributed by atoms with Crippen LogP contribution in [0.2, 0.25) is 5.02 Å². The summed E-state index contributed by atoms with van der Waals surface area (Å²) < 4.78 is 67.6. The van der Waals surface area contributed by atoms with Gasteiger partial charge < -0.3 is 29.0 Å². The molecule has 0 bridgehead atoms. The Kier molecular flexibility index (Phi) is 7.50. The van der Waals surface area contributed by atoms with Crippen LogP contribution in [0, 0.1) is 11.6 Å². The Balaban J connectivity index is 1.30. The van der Waals surface area contributed by atoms with Crippen molar-refractivity contribution in [3.63, 3.8) is 0 Å². The molecule has 1 unspecified atom stereocenters. The van der Waals surface area contributed by atoms with E-state index >= 15 is 0 Å². The number of carbonyl (C=O) groups excluding carboxylic acids is 1. The van der Waals surface area contributed by atoms with Gasteiger partial charge in [-0.15, -0.1) is 0 Å². The van der Waals surface area contributed by atoms with Crippen LogP contribution in [-0.4, -0.2) is 78.8 Å². The van der Waals surface area contributed by atoms with Crippen LogP contribution in [0.25, 0.3) is 11.2 Å². The first-order chi connectivity index (χ1) is 18.7. The minimum absolute atomic E-state index is 0.0421. The van der Waals surface area contributed by atoms with Crippen LogP contribution in [0.4, 0.5) is 8.78 Å². The Morgan fingerprint density at radius 1 is 1.20 bits per heavy atom. The van der Waals surface area contributed by atoms with Crippen LogP contribution in [0.1, 0.15) is 36.7 Å². The second-order valence-electron chi connectivity index (χ2n) is 10.5. The topological polar surface area (TPSA) is 145 Å². The number of aromatic amines is 1. The third-order valence-corrected chi connectivity index (χ3v) is 9.81. The predicted molar refractivity (Wildman–Crippen MR) is 140 cm³/mol. The number of aliphatic hydroxyl groups is 1. The SMILES string of the molecule is CC(C)(C)S(C)(=O)=NC(=O)c1cc(F)c(COc2nc3nc(O[C@@H]4CO[C@H]5[C@@H]4OC[C@H]5O)[nH]c3cc2Cl)c(F)c1. The number of H-pyrrole nitrogens is 1. The molecule has 2 aliphatic rings. The number of pyridine rings is 1. The first kappa shape index (κ1) is 28.6. The number of amides is 1. The standard InChI is InChI=1S/C25H27ClF2N4O7S/c1-25(2,3)40(4,35)32-22(34)11-5-14(27)12(15(28)6-11)8-38-23-13(26)7-16-21(30-23)31-24(29-16)39-18-10-37-19-17(33)9-36-20(18)19/h5-7,17-20,33H,8-10H2,1-4H3,(H,29,30,31)/t17-,18-,19-,20-,40?/m1/s1. The van der Waals surface area contributed by atoms with Gasteiger partial charge in [-0.05, 0) is 39.0 Å². The van der Waals surface area contributed by atoms with Gasteiger partial charge in [-0.25, -0.2) is 13.0 Å². The van der Waals surface area contributed by atoms with Gasteiger partial charge in [-0.1, -0.05) is 11.6 Å². The lowest BCUT2D eigenvalue weighted by Crippen LogP contribution is -2.34. The molecular formula is C25H27ClF2N4O7S. The first-order valence-corrected chi connectivity index (χ1v) is 14.5. The number of imidazole rings is 1. The van der Waals surface area contributed by atoms with Gasteiger partial charge in [-0.3, -0.25) is 4.79 Å². The van der Waals surface area contributed by atoms with E-state index in [1.807, 2.05) is 0 Å². The summed E-state index contributed by atoms with van der Waals surface area (Å²) in [6.07, 6.45) is -0.821. The second kappa shape index (κ2) is 10.5. The Morgan fingerprint density at radius 2 is 1.88 bits per heavy atom. The van der Waals surface area contributed by atoms with Gasteiger partial charge in [0.05, 0.1) is 34.0 Å². The molecule has 216 valence electrons. The zero-order valence-electron chi connectivity index (χ0n) is 21.9. The Bertz CT molecular complexity index is 1580. The molecule has 2 fully saturated rings. The molecule has 2 aromatic heterocycles. The maximum absolute atomic E-state index is 14.8. The van der Waals surface area contributed by atoms with E-state index in [0.29, 0.717) is 5.52 Å². The van der Waals surface area contributed by atoms with Crippen molar-refractivity contribution in [2.75, 3.05) is 19.5 Å². The number of benzene rings is 1. The van der Waals surface area contributed by atoms with E-state index in [9.17, 15) is 22.9 Å². The van der Waals surface area contributed by atoms with Crippen molar-refractivity contribution in [1.82, 2.24) is 15.0 Å². The van der Waals surface area contributed by atoms with E-state index in [1.165, 1.54) is 12.3 Å². The van der Waals surface area contributed by atoms with Crippen molar-refractivity contribution in [3.8, 4) is 11.9 Å². The highest BCUT2D eigenvalue weighted by molar-refractivity contribution is 7.94. The van der Waals surface area contributed by atoms with E-state index in [0.717, 1.165) is 12.1 Å². The number of hydrogen-bond donors (Lipinski definition) is 2. The van der Waals surface area contributed by atoms with E-state index in [-0.39, 0.29) is 41.3 Å². The number of nitrogens with one attached hydrogen (secondary N) is 1. The smallest absolute Gasteiger partial charge is 0.296 e. The molecule has 3 aromatic rings. The summed E-state index contributed by atoms with van der Waals surface area (Å²) in [4.78, 5) is 23.9. The molecule has 11 nitrogen and oxygen atoms in total. The summed E-state index contributed by atoms with van der Waals surface area (Å²) in [7, 11) is -2.97. The number of carbonyl (C=O) groups is 1. The van der Waals surface area contributed by atoms with Crippen LogP contribution in [0.5, 0.6) is 11.9 Å². The molecule has 0 aliphatic carbocycles. The molecule has 0 spiro atoms. The fourth-order valence-corrected chi connectivity index (χ4v) is 4.98. The van der Waals surface area contributed by atoms with E-state index in [4.69, 9.17) is 30.5 Å². The van der Waals surface area contributed by atoms with E-state index in [1.54, 1.807) is 20.8 Å². The van der Waals surface area contributed by atoms with E-state index in [2.05, 4.69) is 19.3 Å². The van der Waals surface area contributed by atoms with Crippen molar-refractivity contribution in [3.05, 3.63) is 46.0 Å². The van der Waals surface area contributed by atoms with E-state index < -0.39 is 68.6 Å². The number of fused-ring (bicyclic) bond motifs is 2. The Hall–Kier alpha value is -2.91. The molecule has 2 N–H and O–H groups in total. The maximum atomic E-state index is 14.8. The van der Waals surface area contributed by atoms with Crippen molar-refractivity contribution in [2.45, 2.75) is 56.5 Å². The van der Waals surface area contributed by atoms with Gasteiger partial charge in [0, 0.05) is 16.6 Å². The number of halogens is 3. The van der Waals surface area contributed by atoms with Crippen molar-refractivity contribution < 1.29 is 41.8 Å². The summed E-state index contributed by atoms with van der Waals surface area (Å²) in [6, 6.07) is 3.20. The largest absolute Gasteiger partial charge is 0.471 e. The zero-order valence-corrected chi connectivity index (χ0v) is 23.5. The number of aromatic nitrogens is 3. The first-order valence-electron chi connectivity index (χ1n) is 12.2. The molecule has 0 saturated carbocycles. The molecule has 15 heteroatoms. The van der Waals surface area contributed by atoms with Crippen LogP contribution in [0.3, 0.4) is 0 Å². The fraction of sp³-hybridized carbons (Fsp3) is 0.480. The van der Waals surface area contributed by atoms with Gasteiger partial charge >= 0.3 is 0 Å². The second-order valence-corrected chi connectivity index (χ2v) is 13.9. The summed E-state index contributed by atoms with van der Waals surface area (Å²) in [5, 5.41) is 9.93. The minimum atomic E-state index is -2.97. The van der Waals surface area contributed by atoms with Gasteiger partial charge in [0.1, 0.15) is 41.6 Å². The normalized spacial score (nSPS) is 24.1. The van der Waals surface area contributed by atoms with Crippen LogP contribution >= 0.6 is 11.6 Å². The third-order valence-electron chi connectivity index (χ3n) is 6.75. The van der Waals surface area contributed by atoms with Gasteiger partial charge in [0.15, 0.2) is 11.8 Å². The highest BCUT2D eigenvalue weighted by Crippen LogP contribution is 2.32. The number of hydrogen-bond acceptors (Lipinski definition) is 9. The lowest BCUT2D eigenvalue weighted by molar-refractivity contribution is 0.00706. The zero-order chi connectivity index (χ0) is 29.0. The molecule has 2 saturated heterocycles. The summed E-state index contributed by atoms with van der Waals surface area (Å²) >= 11 is 6.27. The number of nitrogens with zero attached hydrogens (tertiary/aromatic N) is 3. The highest BCUT2D eigenvalue weighted by atomic mass is 35.5. The summed E-state index contributed by atoms with van der Waals surface area (Å²) in [5.74, 6) is -3.24. The van der Waals surface area contributed by atoms with Crippen LogP contribution in [0.15, 0.2) is 22.6 Å².